The number of fused-ring (bicyclic) bond motifs is 2. The largest absolute Gasteiger partial charge is 0.459 e. The van der Waals surface area contributed by atoms with E-state index in [0.717, 1.165) is 12.1 Å². The third-order valence-electron chi connectivity index (χ3n) is 6.92. The molecule has 0 aromatic heterocycles. The summed E-state index contributed by atoms with van der Waals surface area (Å²) in [6.45, 7) is 6.45. The molecule has 10 nitrogen and oxygen atoms in total. The summed E-state index contributed by atoms with van der Waals surface area (Å²) in [5.41, 5.74) is 0.423. The molecule has 0 heterocycles. The Hall–Kier alpha value is -2.86. The molecule has 1 N–H and O–H groups in total. The molecule has 0 amide bonds. The Bertz CT molecular complexity index is 1430. The molecule has 18 heteroatoms. The summed E-state index contributed by atoms with van der Waals surface area (Å²) in [5.74, 6) is -9.92. The van der Waals surface area contributed by atoms with Gasteiger partial charge in [-0.1, -0.05) is 18.7 Å². The van der Waals surface area contributed by atoms with Crippen molar-refractivity contribution >= 4 is 32.2 Å². The van der Waals surface area contributed by atoms with Crippen molar-refractivity contribution in [3.63, 3.8) is 0 Å². The highest BCUT2D eigenvalue weighted by molar-refractivity contribution is 7.88. The topological polar surface area (TPSA) is 150 Å². The van der Waals surface area contributed by atoms with Gasteiger partial charge in [0.2, 0.25) is 0 Å². The lowest BCUT2D eigenvalue weighted by Gasteiger charge is -2.29. The summed E-state index contributed by atoms with van der Waals surface area (Å²) < 4.78 is 149. The van der Waals surface area contributed by atoms with Gasteiger partial charge in [0.1, 0.15) is 18.0 Å². The van der Waals surface area contributed by atoms with Crippen molar-refractivity contribution in [2.45, 2.75) is 61.7 Å². The lowest BCUT2D eigenvalue weighted by atomic mass is 9.87. The summed E-state index contributed by atoms with van der Waals surface area (Å²) in [5, 5.41) is -13.7. The molecule has 2 aliphatic rings. The lowest BCUT2D eigenvalue weighted by Crippen LogP contribution is -2.61. The number of hydrogen-bond donors (Lipinski definition) is 1. The number of carbonyl (C=O) groups excluding carboxylic acids is 2. The van der Waals surface area contributed by atoms with Crippen LogP contribution in [0.4, 0.5) is 26.3 Å². The maximum absolute atomic E-state index is 14.0. The summed E-state index contributed by atoms with van der Waals surface area (Å²) in [4.78, 5) is 24.5. The maximum atomic E-state index is 14.0. The Morgan fingerprint density at radius 1 is 0.951 bits per heavy atom. The smallest absolute Gasteiger partial charge is 0.450 e. The summed E-state index contributed by atoms with van der Waals surface area (Å²) in [7, 11) is -14.1. The zero-order valence-electron chi connectivity index (χ0n) is 21.2. The number of esters is 2. The Labute approximate surface area is 230 Å². The molecule has 1 aromatic carbocycles. The van der Waals surface area contributed by atoms with Crippen molar-refractivity contribution in [1.29, 1.82) is 0 Å². The van der Waals surface area contributed by atoms with Crippen molar-refractivity contribution < 1.29 is 71.0 Å². The summed E-state index contributed by atoms with van der Waals surface area (Å²) in [6.07, 6.45) is 0.190. The van der Waals surface area contributed by atoms with Crippen LogP contribution in [0, 0.1) is 17.8 Å². The standard InChI is InChI=1S/C23H24F6O10S2/c1-11(2)19(30)38-18-10-14-8-15(18)9-17(14)20(31)37-12(3)13-4-6-16(7-5-13)39-41(35,36)23(28,29)21(24,25)22(26,27)40(32,33)34/h4-7,12,14-15,17-18H,1,8-10H2,2-3H3,(H,32,33,34). The zero-order chi connectivity index (χ0) is 31.3. The van der Waals surface area contributed by atoms with Gasteiger partial charge in [0.05, 0.1) is 5.92 Å². The number of rotatable bonds is 11. The molecule has 2 fully saturated rings. The van der Waals surface area contributed by atoms with Gasteiger partial charge in [-0.3, -0.25) is 9.35 Å². The molecule has 230 valence electrons. The Morgan fingerprint density at radius 3 is 1.98 bits per heavy atom. The normalized spacial score (nSPS) is 24.0. The van der Waals surface area contributed by atoms with Crippen LogP contribution in [0.5, 0.6) is 5.75 Å². The molecular weight excluding hydrogens is 614 g/mol. The van der Waals surface area contributed by atoms with Crippen LogP contribution in [0.3, 0.4) is 0 Å². The molecule has 3 rings (SSSR count). The Kier molecular flexibility index (Phi) is 8.57. The van der Waals surface area contributed by atoms with E-state index in [1.807, 2.05) is 0 Å². The van der Waals surface area contributed by atoms with Gasteiger partial charge in [0.25, 0.3) is 0 Å². The number of benzene rings is 1. The molecule has 5 atom stereocenters. The maximum Gasteiger partial charge on any atom is 0.450 e. The fraction of sp³-hybridized carbons (Fsp3) is 0.565. The van der Waals surface area contributed by atoms with Crippen LogP contribution in [0.2, 0.25) is 0 Å². The highest BCUT2D eigenvalue weighted by atomic mass is 32.2. The highest BCUT2D eigenvalue weighted by Gasteiger charge is 2.83. The SMILES string of the molecule is C=C(C)C(=O)OC1CC2CC1CC2C(=O)OC(C)c1ccc(OS(=O)(=O)C(F)(F)C(F)(F)C(F)(F)S(=O)(=O)O)cc1. The predicted octanol–water partition coefficient (Wildman–Crippen LogP) is 4.24. The second-order valence-corrected chi connectivity index (χ2v) is 12.9. The molecule has 0 aliphatic heterocycles. The predicted molar refractivity (Wildman–Crippen MR) is 126 cm³/mol. The van der Waals surface area contributed by atoms with Crippen molar-refractivity contribution in [3.8, 4) is 5.75 Å². The first-order valence-corrected chi connectivity index (χ1v) is 14.6. The third-order valence-corrected chi connectivity index (χ3v) is 9.12. The monoisotopic (exact) mass is 638 g/mol. The van der Waals surface area contributed by atoms with Gasteiger partial charge in [-0.2, -0.15) is 43.2 Å². The zero-order valence-corrected chi connectivity index (χ0v) is 22.9. The van der Waals surface area contributed by atoms with Crippen LogP contribution in [0.1, 0.15) is 44.8 Å². The van der Waals surface area contributed by atoms with Gasteiger partial charge in [-0.25, -0.2) is 4.79 Å². The second-order valence-electron chi connectivity index (χ2n) is 9.83. The summed E-state index contributed by atoms with van der Waals surface area (Å²) >= 11 is 0. The quantitative estimate of drug-likeness (QED) is 0.123. The van der Waals surface area contributed by atoms with E-state index in [9.17, 15) is 52.8 Å². The molecule has 0 radical (unpaired) electrons. The van der Waals surface area contributed by atoms with Crippen LogP contribution in [-0.2, 0) is 39.3 Å². The average Bonchev–Trinajstić information content (AvgIpc) is 3.43. The molecule has 2 saturated carbocycles. The average molecular weight is 639 g/mol. The van der Waals surface area contributed by atoms with E-state index in [0.29, 0.717) is 31.4 Å². The van der Waals surface area contributed by atoms with Crippen molar-refractivity contribution in [2.24, 2.45) is 17.8 Å². The van der Waals surface area contributed by atoms with Gasteiger partial charge < -0.3 is 13.7 Å². The number of hydrogen-bond acceptors (Lipinski definition) is 9. The van der Waals surface area contributed by atoms with Crippen LogP contribution >= 0.6 is 0 Å². The summed E-state index contributed by atoms with van der Waals surface area (Å²) in [6, 6.07) is 3.37. The minimum atomic E-state index is -7.17. The fourth-order valence-corrected chi connectivity index (χ4v) is 6.11. The lowest BCUT2D eigenvalue weighted by molar-refractivity contribution is -0.247. The van der Waals surface area contributed by atoms with Crippen LogP contribution in [-0.4, -0.2) is 55.9 Å². The number of carbonyl (C=O) groups is 2. The first kappa shape index (κ1) is 32.7. The van der Waals surface area contributed by atoms with Crippen molar-refractivity contribution in [2.75, 3.05) is 0 Å². The molecule has 5 unspecified atom stereocenters. The van der Waals surface area contributed by atoms with E-state index >= 15 is 0 Å². The molecule has 2 aliphatic carbocycles. The Balaban J connectivity index is 1.64. The van der Waals surface area contributed by atoms with E-state index < -0.39 is 66.4 Å². The molecular formula is C23H24F6O10S2. The molecule has 0 saturated heterocycles. The highest BCUT2D eigenvalue weighted by Crippen LogP contribution is 2.52. The van der Waals surface area contributed by atoms with E-state index in [4.69, 9.17) is 14.0 Å². The van der Waals surface area contributed by atoms with Crippen molar-refractivity contribution in [1.82, 2.24) is 0 Å². The van der Waals surface area contributed by atoms with E-state index in [-0.39, 0.29) is 29.1 Å². The number of ether oxygens (including phenoxy) is 2. The molecule has 1 aromatic rings. The van der Waals surface area contributed by atoms with Crippen LogP contribution in [0.15, 0.2) is 36.4 Å². The fourth-order valence-electron chi connectivity index (χ4n) is 4.69. The van der Waals surface area contributed by atoms with E-state index in [1.165, 1.54) is 13.8 Å². The number of halogens is 6. The minimum Gasteiger partial charge on any atom is -0.459 e. The van der Waals surface area contributed by atoms with E-state index in [1.54, 1.807) is 0 Å². The van der Waals surface area contributed by atoms with Crippen molar-refractivity contribution in [3.05, 3.63) is 42.0 Å². The van der Waals surface area contributed by atoms with Crippen LogP contribution < -0.4 is 4.18 Å². The second kappa shape index (κ2) is 10.8. The van der Waals surface area contributed by atoms with Gasteiger partial charge in [0, 0.05) is 5.57 Å². The minimum absolute atomic E-state index is 0.0440. The third kappa shape index (κ3) is 5.90. The first-order chi connectivity index (χ1) is 18.5. The molecule has 0 spiro atoms. The van der Waals surface area contributed by atoms with Crippen LogP contribution in [0.25, 0.3) is 0 Å². The Morgan fingerprint density at radius 2 is 1.51 bits per heavy atom. The van der Waals surface area contributed by atoms with Gasteiger partial charge in [-0.05, 0) is 62.6 Å². The van der Waals surface area contributed by atoms with E-state index in [2.05, 4.69) is 10.8 Å². The van der Waals surface area contributed by atoms with Gasteiger partial charge in [-0.15, -0.1) is 0 Å². The first-order valence-electron chi connectivity index (χ1n) is 11.7. The van der Waals surface area contributed by atoms with Gasteiger partial charge >= 0.3 is 48.6 Å². The molecule has 2 bridgehead atoms. The number of alkyl halides is 6. The van der Waals surface area contributed by atoms with Gasteiger partial charge in [0.15, 0.2) is 0 Å². The molecule has 41 heavy (non-hydrogen) atoms.